The maximum absolute atomic E-state index is 5.62. The van der Waals surface area contributed by atoms with Crippen LogP contribution in [0.25, 0.3) is 11.4 Å². The highest BCUT2D eigenvalue weighted by Gasteiger charge is 2.10. The van der Waals surface area contributed by atoms with Crippen LogP contribution in [0.4, 0.5) is 0 Å². The minimum Gasteiger partial charge on any atom is -0.324 e. The van der Waals surface area contributed by atoms with Crippen LogP contribution in [0.2, 0.25) is 0 Å². The second kappa shape index (κ2) is 4.45. The first kappa shape index (κ1) is 10.8. The van der Waals surface area contributed by atoms with Crippen molar-refractivity contribution in [1.82, 2.24) is 14.8 Å². The predicted octanol–water partition coefficient (Wildman–Crippen LogP) is 1.73. The molecule has 1 heterocycles. The van der Waals surface area contributed by atoms with Crippen LogP contribution in [0, 0.1) is 6.92 Å². The van der Waals surface area contributed by atoms with Crippen LogP contribution in [0.15, 0.2) is 24.3 Å². The first-order valence-corrected chi connectivity index (χ1v) is 5.45. The van der Waals surface area contributed by atoms with E-state index in [4.69, 9.17) is 5.73 Å². The lowest BCUT2D eigenvalue weighted by molar-refractivity contribution is 0.704. The Bertz CT molecular complexity index is 488. The molecule has 0 aliphatic rings. The van der Waals surface area contributed by atoms with E-state index >= 15 is 0 Å². The topological polar surface area (TPSA) is 56.7 Å². The molecule has 0 unspecified atom stereocenters. The molecule has 2 aromatic rings. The summed E-state index contributed by atoms with van der Waals surface area (Å²) in [6.45, 7) is 5.40. The summed E-state index contributed by atoms with van der Waals surface area (Å²) in [5.74, 6) is 1.73. The van der Waals surface area contributed by atoms with Gasteiger partial charge in [0.1, 0.15) is 5.82 Å². The lowest BCUT2D eigenvalue weighted by atomic mass is 10.1. The molecule has 4 nitrogen and oxygen atoms in total. The monoisotopic (exact) mass is 216 g/mol. The van der Waals surface area contributed by atoms with Crippen molar-refractivity contribution < 1.29 is 0 Å². The molecule has 0 aliphatic carbocycles. The van der Waals surface area contributed by atoms with Gasteiger partial charge in [0.15, 0.2) is 5.82 Å². The third-order valence-electron chi connectivity index (χ3n) is 2.60. The van der Waals surface area contributed by atoms with E-state index in [-0.39, 0.29) is 0 Å². The van der Waals surface area contributed by atoms with Gasteiger partial charge in [0, 0.05) is 12.1 Å². The number of nitrogens with two attached hydrogens (primary N) is 1. The van der Waals surface area contributed by atoms with Gasteiger partial charge in [-0.1, -0.05) is 23.8 Å². The van der Waals surface area contributed by atoms with Crippen molar-refractivity contribution in [3.8, 4) is 11.4 Å². The van der Waals surface area contributed by atoms with E-state index in [2.05, 4.69) is 40.7 Å². The Morgan fingerprint density at radius 1 is 1.31 bits per heavy atom. The zero-order valence-electron chi connectivity index (χ0n) is 9.64. The van der Waals surface area contributed by atoms with Gasteiger partial charge in [0.2, 0.25) is 0 Å². The Hall–Kier alpha value is -1.68. The molecule has 0 fully saturated rings. The van der Waals surface area contributed by atoms with Crippen LogP contribution in [0.3, 0.4) is 0 Å². The van der Waals surface area contributed by atoms with E-state index < -0.39 is 0 Å². The van der Waals surface area contributed by atoms with E-state index in [1.54, 1.807) is 0 Å². The van der Waals surface area contributed by atoms with E-state index in [1.165, 1.54) is 5.56 Å². The van der Waals surface area contributed by atoms with Crippen molar-refractivity contribution in [2.24, 2.45) is 5.73 Å². The molecule has 1 aromatic heterocycles. The zero-order valence-corrected chi connectivity index (χ0v) is 9.64. The van der Waals surface area contributed by atoms with Gasteiger partial charge in [-0.05, 0) is 19.9 Å². The summed E-state index contributed by atoms with van der Waals surface area (Å²) in [7, 11) is 0. The highest BCUT2D eigenvalue weighted by Crippen LogP contribution is 2.19. The quantitative estimate of drug-likeness (QED) is 0.850. The standard InChI is InChI=1S/C12H16N4/c1-3-16-11(8-13)14-15-12(16)10-6-4-5-9(2)7-10/h4-7H,3,8,13H2,1-2H3. The summed E-state index contributed by atoms with van der Waals surface area (Å²) < 4.78 is 2.05. The molecule has 0 aliphatic heterocycles. The molecule has 0 atom stereocenters. The first-order chi connectivity index (χ1) is 7.76. The van der Waals surface area contributed by atoms with Crippen molar-refractivity contribution in [1.29, 1.82) is 0 Å². The van der Waals surface area contributed by atoms with Gasteiger partial charge in [-0.3, -0.25) is 0 Å². The van der Waals surface area contributed by atoms with Crippen molar-refractivity contribution in [3.05, 3.63) is 35.7 Å². The van der Waals surface area contributed by atoms with Gasteiger partial charge in [-0.15, -0.1) is 10.2 Å². The molecular formula is C12H16N4. The maximum atomic E-state index is 5.62. The van der Waals surface area contributed by atoms with Crippen LogP contribution in [-0.2, 0) is 13.1 Å². The lowest BCUT2D eigenvalue weighted by Crippen LogP contribution is -2.08. The van der Waals surface area contributed by atoms with Crippen LogP contribution in [-0.4, -0.2) is 14.8 Å². The van der Waals surface area contributed by atoms with Gasteiger partial charge >= 0.3 is 0 Å². The number of rotatable bonds is 3. The van der Waals surface area contributed by atoms with Crippen molar-refractivity contribution >= 4 is 0 Å². The second-order valence-electron chi connectivity index (χ2n) is 3.76. The van der Waals surface area contributed by atoms with Crippen molar-refractivity contribution in [2.45, 2.75) is 26.9 Å². The first-order valence-electron chi connectivity index (χ1n) is 5.45. The molecule has 0 radical (unpaired) electrons. The third-order valence-corrected chi connectivity index (χ3v) is 2.60. The second-order valence-corrected chi connectivity index (χ2v) is 3.76. The fourth-order valence-corrected chi connectivity index (χ4v) is 1.82. The summed E-state index contributed by atoms with van der Waals surface area (Å²) in [6, 6.07) is 8.25. The summed E-state index contributed by atoms with van der Waals surface area (Å²) in [4.78, 5) is 0. The molecular weight excluding hydrogens is 200 g/mol. The largest absolute Gasteiger partial charge is 0.324 e. The Morgan fingerprint density at radius 3 is 2.75 bits per heavy atom. The Balaban J connectivity index is 2.51. The number of aryl methyl sites for hydroxylation is 1. The summed E-state index contributed by atoms with van der Waals surface area (Å²) >= 11 is 0. The summed E-state index contributed by atoms with van der Waals surface area (Å²) in [5, 5.41) is 8.30. The Labute approximate surface area is 95.1 Å². The lowest BCUT2D eigenvalue weighted by Gasteiger charge is -2.06. The van der Waals surface area contributed by atoms with E-state index in [1.807, 2.05) is 12.1 Å². The third kappa shape index (κ3) is 1.84. The predicted molar refractivity (Wildman–Crippen MR) is 63.8 cm³/mol. The minimum atomic E-state index is 0.423. The van der Waals surface area contributed by atoms with Crippen LogP contribution in [0.5, 0.6) is 0 Å². The van der Waals surface area contributed by atoms with Crippen molar-refractivity contribution in [2.75, 3.05) is 0 Å². The minimum absolute atomic E-state index is 0.423. The molecule has 16 heavy (non-hydrogen) atoms. The molecule has 0 spiro atoms. The highest BCUT2D eigenvalue weighted by molar-refractivity contribution is 5.56. The molecule has 84 valence electrons. The van der Waals surface area contributed by atoms with Crippen LogP contribution >= 0.6 is 0 Å². The fraction of sp³-hybridized carbons (Fsp3) is 0.333. The number of nitrogens with zero attached hydrogens (tertiary/aromatic N) is 3. The molecule has 4 heteroatoms. The molecule has 0 bridgehead atoms. The zero-order chi connectivity index (χ0) is 11.5. The van der Waals surface area contributed by atoms with E-state index in [0.717, 1.165) is 23.8 Å². The van der Waals surface area contributed by atoms with Crippen molar-refractivity contribution in [3.63, 3.8) is 0 Å². The fourth-order valence-electron chi connectivity index (χ4n) is 1.82. The smallest absolute Gasteiger partial charge is 0.163 e. The van der Waals surface area contributed by atoms with Gasteiger partial charge in [0.05, 0.1) is 6.54 Å². The normalized spacial score (nSPS) is 10.7. The van der Waals surface area contributed by atoms with E-state index in [9.17, 15) is 0 Å². The molecule has 1 aromatic carbocycles. The average molecular weight is 216 g/mol. The Morgan fingerprint density at radius 2 is 2.12 bits per heavy atom. The SMILES string of the molecule is CCn1c(CN)nnc1-c1cccc(C)c1. The summed E-state index contributed by atoms with van der Waals surface area (Å²) in [6.07, 6.45) is 0. The van der Waals surface area contributed by atoms with Crippen LogP contribution < -0.4 is 5.73 Å². The van der Waals surface area contributed by atoms with E-state index in [0.29, 0.717) is 6.54 Å². The molecule has 0 saturated heterocycles. The highest BCUT2D eigenvalue weighted by atomic mass is 15.3. The maximum Gasteiger partial charge on any atom is 0.163 e. The number of aromatic nitrogens is 3. The molecule has 0 saturated carbocycles. The molecule has 0 amide bonds. The Kier molecular flexibility index (Phi) is 3.01. The average Bonchev–Trinajstić information content (AvgIpc) is 2.71. The van der Waals surface area contributed by atoms with Gasteiger partial charge in [-0.25, -0.2) is 0 Å². The van der Waals surface area contributed by atoms with Gasteiger partial charge in [-0.2, -0.15) is 0 Å². The summed E-state index contributed by atoms with van der Waals surface area (Å²) in [5.41, 5.74) is 7.94. The van der Waals surface area contributed by atoms with Gasteiger partial charge in [0.25, 0.3) is 0 Å². The molecule has 2 rings (SSSR count). The number of hydrogen-bond acceptors (Lipinski definition) is 3. The van der Waals surface area contributed by atoms with Gasteiger partial charge < -0.3 is 10.3 Å². The number of benzene rings is 1. The van der Waals surface area contributed by atoms with Crippen LogP contribution in [0.1, 0.15) is 18.3 Å². The molecule has 2 N–H and O–H groups in total. The number of hydrogen-bond donors (Lipinski definition) is 1.